The van der Waals surface area contributed by atoms with E-state index in [0.717, 1.165) is 30.4 Å². The summed E-state index contributed by atoms with van der Waals surface area (Å²) in [7, 11) is 0. The lowest BCUT2D eigenvalue weighted by atomic mass is 10.1. The summed E-state index contributed by atoms with van der Waals surface area (Å²) in [4.78, 5) is 11.6. The molecule has 0 aromatic heterocycles. The Labute approximate surface area is 144 Å². The Balaban J connectivity index is 2.62. The van der Waals surface area contributed by atoms with Crippen molar-refractivity contribution in [1.29, 1.82) is 0 Å². The maximum Gasteiger partial charge on any atom is 0.416 e. The first kappa shape index (κ1) is 21.3. The van der Waals surface area contributed by atoms with Crippen LogP contribution in [0, 0.1) is 0 Å². The second-order valence-corrected chi connectivity index (χ2v) is 5.51. The number of hydrogen-bond donors (Lipinski definition) is 1. The largest absolute Gasteiger partial charge is 0.416 e. The number of hydrogen-bond acceptors (Lipinski definition) is 2. The van der Waals surface area contributed by atoms with E-state index in [1.807, 2.05) is 0 Å². The number of amides is 1. The van der Waals surface area contributed by atoms with Crippen LogP contribution in [0.4, 0.5) is 26.3 Å². The van der Waals surface area contributed by atoms with E-state index in [2.05, 4.69) is 10.1 Å². The van der Waals surface area contributed by atoms with Gasteiger partial charge in [-0.05, 0) is 36.8 Å². The van der Waals surface area contributed by atoms with Crippen molar-refractivity contribution >= 4 is 23.6 Å². The van der Waals surface area contributed by atoms with E-state index in [9.17, 15) is 31.1 Å². The molecule has 0 saturated carbocycles. The highest BCUT2D eigenvalue weighted by molar-refractivity contribution is 6.32. The van der Waals surface area contributed by atoms with Crippen LogP contribution in [0.5, 0.6) is 0 Å². The van der Waals surface area contributed by atoms with Crippen molar-refractivity contribution in [3.63, 3.8) is 0 Å². The van der Waals surface area contributed by atoms with Crippen LogP contribution in [-0.2, 0) is 15.7 Å². The lowest BCUT2D eigenvalue weighted by Gasteiger charge is -2.14. The zero-order valence-electron chi connectivity index (χ0n) is 12.8. The number of carbonyl (C=O) groups is 1. The third-order valence-corrected chi connectivity index (χ3v) is 3.10. The predicted molar refractivity (Wildman–Crippen MR) is 80.0 cm³/mol. The smallest absolute Gasteiger partial charge is 0.370 e. The Morgan fingerprint density at radius 2 is 1.92 bits per heavy atom. The van der Waals surface area contributed by atoms with Crippen molar-refractivity contribution < 1.29 is 35.9 Å². The molecule has 140 valence electrons. The summed E-state index contributed by atoms with van der Waals surface area (Å²) in [6.07, 6.45) is -7.01. The van der Waals surface area contributed by atoms with Crippen molar-refractivity contribution in [1.82, 2.24) is 5.32 Å². The Bertz CT molecular complexity index is 627. The molecule has 1 atom stereocenters. The second-order valence-electron chi connectivity index (χ2n) is 5.11. The number of alkyl halides is 6. The first-order valence-corrected chi connectivity index (χ1v) is 7.26. The van der Waals surface area contributed by atoms with E-state index >= 15 is 0 Å². The first-order valence-electron chi connectivity index (χ1n) is 6.88. The fourth-order valence-electron chi connectivity index (χ4n) is 1.70. The third kappa shape index (κ3) is 8.26. The van der Waals surface area contributed by atoms with Gasteiger partial charge >= 0.3 is 12.4 Å². The molecule has 0 heterocycles. The van der Waals surface area contributed by atoms with Crippen LogP contribution in [0.3, 0.4) is 0 Å². The number of benzene rings is 1. The zero-order chi connectivity index (χ0) is 19.3. The van der Waals surface area contributed by atoms with Crippen LogP contribution >= 0.6 is 11.6 Å². The highest BCUT2D eigenvalue weighted by Crippen LogP contribution is 2.32. The standard InChI is InChI=1S/C15H14ClF6NO2/c1-9(7-25-8-14(17,18)19)23-13(24)5-2-10-6-11(15(20,21)22)3-4-12(10)16/h2-6,9H,7-8H2,1H3,(H,23,24)/b5-2+. The number of ether oxygens (including phenoxy) is 1. The van der Waals surface area contributed by atoms with Crippen LogP contribution in [-0.4, -0.2) is 31.3 Å². The Morgan fingerprint density at radius 1 is 1.28 bits per heavy atom. The Kier molecular flexibility index (Phi) is 7.30. The van der Waals surface area contributed by atoms with Gasteiger partial charge in [0.15, 0.2) is 0 Å². The molecule has 0 radical (unpaired) electrons. The Morgan fingerprint density at radius 3 is 2.48 bits per heavy atom. The predicted octanol–water partition coefficient (Wildman–Crippen LogP) is 4.46. The molecule has 1 amide bonds. The van der Waals surface area contributed by atoms with Crippen molar-refractivity contribution in [2.75, 3.05) is 13.2 Å². The number of halogens is 7. The van der Waals surface area contributed by atoms with Crippen LogP contribution < -0.4 is 5.32 Å². The van der Waals surface area contributed by atoms with E-state index in [4.69, 9.17) is 11.6 Å². The summed E-state index contributed by atoms with van der Waals surface area (Å²) in [6.45, 7) is -0.397. The fraction of sp³-hybridized carbons (Fsp3) is 0.400. The number of carbonyl (C=O) groups excluding carboxylic acids is 1. The molecule has 1 rings (SSSR count). The Hall–Kier alpha value is -1.74. The first-order chi connectivity index (χ1) is 11.4. The topological polar surface area (TPSA) is 38.3 Å². The van der Waals surface area contributed by atoms with Crippen LogP contribution in [0.15, 0.2) is 24.3 Å². The van der Waals surface area contributed by atoms with Gasteiger partial charge in [-0.25, -0.2) is 0 Å². The lowest BCUT2D eigenvalue weighted by Crippen LogP contribution is -2.35. The summed E-state index contributed by atoms with van der Waals surface area (Å²) < 4.78 is 78.0. The van der Waals surface area contributed by atoms with E-state index in [1.165, 1.54) is 6.92 Å². The molecule has 0 aliphatic carbocycles. The molecule has 0 spiro atoms. The van der Waals surface area contributed by atoms with Gasteiger partial charge in [0, 0.05) is 17.1 Å². The quantitative estimate of drug-likeness (QED) is 0.576. The van der Waals surface area contributed by atoms with E-state index < -0.39 is 36.5 Å². The van der Waals surface area contributed by atoms with Gasteiger partial charge in [0.1, 0.15) is 6.61 Å². The number of nitrogens with one attached hydrogen (secondary N) is 1. The van der Waals surface area contributed by atoms with E-state index in [0.29, 0.717) is 0 Å². The molecule has 1 aromatic carbocycles. The van der Waals surface area contributed by atoms with Gasteiger partial charge in [0.05, 0.1) is 12.2 Å². The fourth-order valence-corrected chi connectivity index (χ4v) is 1.88. The van der Waals surface area contributed by atoms with E-state index in [-0.39, 0.29) is 17.2 Å². The molecule has 1 N–H and O–H groups in total. The zero-order valence-corrected chi connectivity index (χ0v) is 13.6. The third-order valence-electron chi connectivity index (χ3n) is 2.76. The van der Waals surface area contributed by atoms with Crippen LogP contribution in [0.2, 0.25) is 5.02 Å². The summed E-state index contributed by atoms with van der Waals surface area (Å²) >= 11 is 5.77. The molecule has 0 aliphatic heterocycles. The van der Waals surface area contributed by atoms with Crippen molar-refractivity contribution in [3.05, 3.63) is 40.4 Å². The summed E-state index contributed by atoms with van der Waals surface area (Å²) in [5, 5.41) is 2.33. The molecular weight excluding hydrogens is 376 g/mol. The molecule has 0 aliphatic rings. The minimum atomic E-state index is -4.56. The summed E-state index contributed by atoms with van der Waals surface area (Å²) in [5.41, 5.74) is -0.946. The highest BCUT2D eigenvalue weighted by Gasteiger charge is 2.30. The molecule has 1 aromatic rings. The van der Waals surface area contributed by atoms with Gasteiger partial charge in [0.25, 0.3) is 0 Å². The highest BCUT2D eigenvalue weighted by atomic mass is 35.5. The van der Waals surface area contributed by atoms with Crippen molar-refractivity contribution in [2.24, 2.45) is 0 Å². The van der Waals surface area contributed by atoms with Crippen LogP contribution in [0.25, 0.3) is 6.08 Å². The van der Waals surface area contributed by atoms with Gasteiger partial charge in [-0.3, -0.25) is 4.79 Å². The normalized spacial score (nSPS) is 13.9. The van der Waals surface area contributed by atoms with Gasteiger partial charge in [-0.1, -0.05) is 11.6 Å². The molecular formula is C15H14ClF6NO2. The van der Waals surface area contributed by atoms with Gasteiger partial charge in [-0.2, -0.15) is 26.3 Å². The van der Waals surface area contributed by atoms with Gasteiger partial charge < -0.3 is 10.1 Å². The molecule has 0 bridgehead atoms. The van der Waals surface area contributed by atoms with Gasteiger partial charge in [-0.15, -0.1) is 0 Å². The lowest BCUT2D eigenvalue weighted by molar-refractivity contribution is -0.175. The molecule has 0 fully saturated rings. The monoisotopic (exact) mass is 389 g/mol. The minimum absolute atomic E-state index is 0.0126. The molecule has 10 heteroatoms. The average molecular weight is 390 g/mol. The second kappa shape index (κ2) is 8.57. The molecule has 3 nitrogen and oxygen atoms in total. The summed E-state index contributed by atoms with van der Waals surface area (Å²) in [6, 6.07) is 1.91. The van der Waals surface area contributed by atoms with Crippen LogP contribution in [0.1, 0.15) is 18.1 Å². The number of rotatable bonds is 6. The van der Waals surface area contributed by atoms with Gasteiger partial charge in [0.2, 0.25) is 5.91 Å². The SMILES string of the molecule is CC(COCC(F)(F)F)NC(=O)/C=C/c1cc(C(F)(F)F)ccc1Cl. The molecule has 25 heavy (non-hydrogen) atoms. The van der Waals surface area contributed by atoms with Crippen molar-refractivity contribution in [3.8, 4) is 0 Å². The maximum atomic E-state index is 12.6. The minimum Gasteiger partial charge on any atom is -0.370 e. The molecule has 1 unspecified atom stereocenters. The summed E-state index contributed by atoms with van der Waals surface area (Å²) in [5.74, 6) is -0.711. The average Bonchev–Trinajstić information content (AvgIpc) is 2.43. The molecule has 0 saturated heterocycles. The van der Waals surface area contributed by atoms with E-state index in [1.54, 1.807) is 0 Å². The van der Waals surface area contributed by atoms with Crippen molar-refractivity contribution in [2.45, 2.75) is 25.3 Å². The maximum absolute atomic E-state index is 12.6.